The Hall–Kier alpha value is 1.96. The van der Waals surface area contributed by atoms with E-state index in [4.69, 9.17) is 5.11 Å². The van der Waals surface area contributed by atoms with Crippen molar-refractivity contribution in [3.8, 4) is 0 Å². The van der Waals surface area contributed by atoms with Crippen LogP contribution in [-0.4, -0.2) is 7.11 Å². The van der Waals surface area contributed by atoms with E-state index in [1.165, 1.54) is 0 Å². The zero-order valence-corrected chi connectivity index (χ0v) is 9.41. The van der Waals surface area contributed by atoms with Crippen molar-refractivity contribution in [2.45, 2.75) is 0 Å². The Balaban J connectivity index is -0.000000000833. The molecule has 0 fully saturated rings. The van der Waals surface area contributed by atoms with Gasteiger partial charge in [0.1, 0.15) is 0 Å². The zero-order valence-electron chi connectivity index (χ0n) is 5.41. The van der Waals surface area contributed by atoms with Crippen molar-refractivity contribution in [2.75, 3.05) is 7.11 Å². The molecule has 6 heavy (non-hydrogen) atoms. The molecule has 0 N–H and O–H groups in total. The van der Waals surface area contributed by atoms with E-state index in [1.54, 1.807) is 0 Å². The van der Waals surface area contributed by atoms with Gasteiger partial charge in [0.2, 0.25) is 0 Å². The third kappa shape index (κ3) is 38.2. The van der Waals surface area contributed by atoms with E-state index in [0.717, 1.165) is 7.11 Å². The monoisotopic (exact) mass is 107 g/mol. The van der Waals surface area contributed by atoms with Crippen molar-refractivity contribution in [3.63, 3.8) is 0 Å². The third-order valence-electron chi connectivity index (χ3n) is 0. The summed E-state index contributed by atoms with van der Waals surface area (Å²) in [7, 11) is 0.750. The molecule has 0 radical (unpaired) electrons. The topological polar surface area (TPSA) is 23.1 Å². The molecule has 0 heterocycles. The van der Waals surface area contributed by atoms with Gasteiger partial charge in [-0.1, -0.05) is 0 Å². The molecule has 0 atom stereocenters. The van der Waals surface area contributed by atoms with Gasteiger partial charge in [0.25, 0.3) is 0 Å². The summed E-state index contributed by atoms with van der Waals surface area (Å²) < 4.78 is 0. The Morgan fingerprint density at radius 1 is 0.833 bits per heavy atom. The minimum Gasteiger partial charge on any atom is -0.857 e. The maximum atomic E-state index is 8.25. The maximum absolute atomic E-state index is 8.25. The van der Waals surface area contributed by atoms with Crippen LogP contribution < -0.4 is 64.2 Å². The molecule has 0 aromatic rings. The molecule has 0 aromatic carbocycles. The standard InChI is InChI=1S/CH3O.2CH3.2Na/c1-2;;;;/h1H3;2*1H3;;/q3*-1;2*+1. The summed E-state index contributed by atoms with van der Waals surface area (Å²) in [6.07, 6.45) is 0. The van der Waals surface area contributed by atoms with Crippen LogP contribution in [0.3, 0.4) is 0 Å². The van der Waals surface area contributed by atoms with Gasteiger partial charge in [-0.2, -0.15) is 7.11 Å². The van der Waals surface area contributed by atoms with Gasteiger partial charge in [0, 0.05) is 0 Å². The summed E-state index contributed by atoms with van der Waals surface area (Å²) in [6.45, 7) is 0. The van der Waals surface area contributed by atoms with E-state index in [9.17, 15) is 0 Å². The predicted octanol–water partition coefficient (Wildman–Crippen LogP) is -6.11. The Labute approximate surface area is 85.1 Å². The molecule has 30 valence electrons. The first kappa shape index (κ1) is 44.0. The first-order valence-electron chi connectivity index (χ1n) is 0.408. The smallest absolute Gasteiger partial charge is 0.857 e. The molecule has 0 aromatic heterocycles. The number of hydrogen-bond acceptors (Lipinski definition) is 1. The fraction of sp³-hybridized carbons (Fsp3) is 0.333. The summed E-state index contributed by atoms with van der Waals surface area (Å²) in [5.41, 5.74) is 0. The van der Waals surface area contributed by atoms with Crippen molar-refractivity contribution in [1.82, 2.24) is 0 Å². The molecular weight excluding hydrogens is 98.0 g/mol. The van der Waals surface area contributed by atoms with Crippen molar-refractivity contribution >= 4 is 0 Å². The van der Waals surface area contributed by atoms with Gasteiger partial charge in [-0.3, -0.25) is 0 Å². The second-order valence-corrected chi connectivity index (χ2v) is 0. The second-order valence-electron chi connectivity index (χ2n) is 0. The first-order valence-corrected chi connectivity index (χ1v) is 0.408. The SMILES string of the molecule is C[O-].[CH3-].[CH3-].[Na+].[Na+]. The number of hydrogen-bond donors (Lipinski definition) is 0. The Kier molecular flexibility index (Phi) is 472. The van der Waals surface area contributed by atoms with Crippen molar-refractivity contribution in [2.24, 2.45) is 0 Å². The molecule has 0 amide bonds. The average Bonchev–Trinajstić information content (AvgIpc) is 1.00. The summed E-state index contributed by atoms with van der Waals surface area (Å²) >= 11 is 0. The largest absolute Gasteiger partial charge is 1.00 e. The van der Waals surface area contributed by atoms with E-state index < -0.39 is 0 Å². The molecule has 0 bridgehead atoms. The predicted molar refractivity (Wildman–Crippen MR) is 18.8 cm³/mol. The first-order chi connectivity index (χ1) is 1.00. The fourth-order valence-corrected chi connectivity index (χ4v) is 0. The number of rotatable bonds is 0. The van der Waals surface area contributed by atoms with Crippen LogP contribution in [0.2, 0.25) is 0 Å². The molecule has 0 spiro atoms. The summed E-state index contributed by atoms with van der Waals surface area (Å²) in [5, 5.41) is 8.25. The molecule has 0 rings (SSSR count). The van der Waals surface area contributed by atoms with E-state index >= 15 is 0 Å². The molecule has 0 saturated carbocycles. The van der Waals surface area contributed by atoms with Crippen LogP contribution in [0.15, 0.2) is 0 Å². The van der Waals surface area contributed by atoms with Gasteiger partial charge in [0.15, 0.2) is 0 Å². The van der Waals surface area contributed by atoms with Crippen molar-refractivity contribution in [3.05, 3.63) is 14.9 Å². The molecule has 0 saturated heterocycles. The van der Waals surface area contributed by atoms with Crippen LogP contribution in [0.5, 0.6) is 0 Å². The quantitative estimate of drug-likeness (QED) is 0.223. The van der Waals surface area contributed by atoms with Crippen LogP contribution >= 0.6 is 0 Å². The summed E-state index contributed by atoms with van der Waals surface area (Å²) in [5.74, 6) is 0. The second kappa shape index (κ2) is 64.4. The van der Waals surface area contributed by atoms with Gasteiger partial charge >= 0.3 is 59.1 Å². The molecule has 0 aliphatic carbocycles. The Morgan fingerprint density at radius 3 is 0.833 bits per heavy atom. The van der Waals surface area contributed by atoms with Crippen molar-refractivity contribution < 1.29 is 64.2 Å². The van der Waals surface area contributed by atoms with Gasteiger partial charge in [-0.15, -0.1) is 0 Å². The van der Waals surface area contributed by atoms with E-state index in [0.29, 0.717) is 0 Å². The van der Waals surface area contributed by atoms with E-state index in [-0.39, 0.29) is 74.0 Å². The molecule has 0 aliphatic rings. The Morgan fingerprint density at radius 2 is 0.833 bits per heavy atom. The molecular formula is C3H9Na2O-. The van der Waals surface area contributed by atoms with Crippen LogP contribution in [0, 0.1) is 14.9 Å². The Bertz CT molecular complexity index is 8.75. The van der Waals surface area contributed by atoms with Crippen LogP contribution in [0.4, 0.5) is 0 Å². The molecule has 1 nitrogen and oxygen atoms in total. The zero-order chi connectivity index (χ0) is 2.00. The average molecular weight is 107 g/mol. The van der Waals surface area contributed by atoms with Gasteiger partial charge in [0.05, 0.1) is 0 Å². The van der Waals surface area contributed by atoms with E-state index in [1.807, 2.05) is 0 Å². The third-order valence-corrected chi connectivity index (χ3v) is 0. The molecule has 0 unspecified atom stereocenters. The van der Waals surface area contributed by atoms with E-state index in [2.05, 4.69) is 0 Å². The minimum atomic E-state index is 0. The molecule has 0 aliphatic heterocycles. The van der Waals surface area contributed by atoms with Gasteiger partial charge in [-0.25, -0.2) is 0 Å². The van der Waals surface area contributed by atoms with Crippen molar-refractivity contribution in [1.29, 1.82) is 0 Å². The normalized spacial score (nSPS) is 1.00. The van der Waals surface area contributed by atoms with Crippen LogP contribution in [-0.2, 0) is 0 Å². The fourth-order valence-electron chi connectivity index (χ4n) is 0. The van der Waals surface area contributed by atoms with Gasteiger partial charge in [-0.05, 0) is 0 Å². The van der Waals surface area contributed by atoms with Crippen LogP contribution in [0.1, 0.15) is 0 Å². The molecule has 3 heteroatoms. The maximum Gasteiger partial charge on any atom is 1.00 e. The summed E-state index contributed by atoms with van der Waals surface area (Å²) in [4.78, 5) is 0. The van der Waals surface area contributed by atoms with Gasteiger partial charge < -0.3 is 20.0 Å². The van der Waals surface area contributed by atoms with Crippen LogP contribution in [0.25, 0.3) is 0 Å². The minimum absolute atomic E-state index is 0. The summed E-state index contributed by atoms with van der Waals surface area (Å²) in [6, 6.07) is 0.